The summed E-state index contributed by atoms with van der Waals surface area (Å²) in [5, 5.41) is 13.1. The van der Waals surface area contributed by atoms with Crippen molar-refractivity contribution in [2.75, 3.05) is 6.54 Å². The van der Waals surface area contributed by atoms with Gasteiger partial charge in [-0.2, -0.15) is 0 Å². The number of hydrogen-bond acceptors (Lipinski definition) is 3. The van der Waals surface area contributed by atoms with Crippen LogP contribution in [0.2, 0.25) is 0 Å². The van der Waals surface area contributed by atoms with Gasteiger partial charge in [0.1, 0.15) is 0 Å². The average Bonchev–Trinajstić information content (AvgIpc) is 2.49. The first kappa shape index (κ1) is 12.7. The fourth-order valence-corrected chi connectivity index (χ4v) is 2.08. The topological polar surface area (TPSA) is 32.3 Å². The van der Waals surface area contributed by atoms with E-state index >= 15 is 0 Å². The third-order valence-corrected chi connectivity index (χ3v) is 3.43. The number of aryl methyl sites for hydroxylation is 1. The third-order valence-electron chi connectivity index (χ3n) is 2.43. The van der Waals surface area contributed by atoms with Crippen molar-refractivity contribution in [1.29, 1.82) is 0 Å². The molecule has 0 aliphatic heterocycles. The van der Waals surface area contributed by atoms with Crippen LogP contribution in [-0.2, 0) is 6.54 Å². The zero-order chi connectivity index (χ0) is 11.5. The second-order valence-electron chi connectivity index (χ2n) is 5.03. The third kappa shape index (κ3) is 4.33. The average molecular weight is 227 g/mol. The number of hydrogen-bond donors (Lipinski definition) is 2. The lowest BCUT2D eigenvalue weighted by atomic mass is 9.89. The van der Waals surface area contributed by atoms with Gasteiger partial charge >= 0.3 is 0 Å². The fraction of sp³-hybridized carbons (Fsp3) is 0.667. The maximum Gasteiger partial charge on any atom is 0.0712 e. The first-order chi connectivity index (χ1) is 6.89. The Morgan fingerprint density at radius 1 is 1.40 bits per heavy atom. The molecule has 0 bridgehead atoms. The van der Waals surface area contributed by atoms with Gasteiger partial charge in [0.2, 0.25) is 0 Å². The van der Waals surface area contributed by atoms with Crippen LogP contribution in [0.3, 0.4) is 0 Å². The van der Waals surface area contributed by atoms with Crippen LogP contribution in [-0.4, -0.2) is 17.8 Å². The van der Waals surface area contributed by atoms with Gasteiger partial charge in [-0.3, -0.25) is 0 Å². The van der Waals surface area contributed by atoms with Crippen molar-refractivity contribution in [2.45, 2.75) is 40.3 Å². The summed E-state index contributed by atoms with van der Waals surface area (Å²) >= 11 is 1.80. The van der Waals surface area contributed by atoms with E-state index in [4.69, 9.17) is 0 Å². The molecule has 1 atom stereocenters. The molecule has 0 amide bonds. The Hall–Kier alpha value is -0.380. The predicted molar refractivity (Wildman–Crippen MR) is 66.2 cm³/mol. The van der Waals surface area contributed by atoms with Crippen molar-refractivity contribution in [3.05, 3.63) is 21.9 Å². The Kier molecular flexibility index (Phi) is 4.32. The van der Waals surface area contributed by atoms with E-state index < -0.39 is 0 Å². The van der Waals surface area contributed by atoms with E-state index in [-0.39, 0.29) is 11.5 Å². The molecule has 86 valence electrons. The van der Waals surface area contributed by atoms with Crippen LogP contribution in [0.15, 0.2) is 12.1 Å². The standard InChI is InChI=1S/C12H21NOS/c1-9-5-6-10(15-9)7-13-8-11(14)12(2,3)4/h5-6,11,13-14H,7-8H2,1-4H3. The predicted octanol–water partition coefficient (Wildman–Crippen LogP) is 2.55. The van der Waals surface area contributed by atoms with Gasteiger partial charge in [0.15, 0.2) is 0 Å². The molecular formula is C12H21NOS. The number of aliphatic hydroxyl groups is 1. The molecule has 3 heteroatoms. The van der Waals surface area contributed by atoms with Crippen LogP contribution in [0.5, 0.6) is 0 Å². The molecular weight excluding hydrogens is 206 g/mol. The van der Waals surface area contributed by atoms with E-state index in [1.54, 1.807) is 11.3 Å². The van der Waals surface area contributed by atoms with Gasteiger partial charge in [-0.25, -0.2) is 0 Å². The molecule has 1 unspecified atom stereocenters. The highest BCUT2D eigenvalue weighted by atomic mass is 32.1. The van der Waals surface area contributed by atoms with Crippen LogP contribution in [0.1, 0.15) is 30.5 Å². The minimum Gasteiger partial charge on any atom is -0.391 e. The zero-order valence-corrected chi connectivity index (χ0v) is 10.8. The number of thiophene rings is 1. The Morgan fingerprint density at radius 2 is 2.07 bits per heavy atom. The Morgan fingerprint density at radius 3 is 2.53 bits per heavy atom. The molecule has 0 spiro atoms. The Labute approximate surface area is 96.3 Å². The second-order valence-corrected chi connectivity index (χ2v) is 6.40. The number of aliphatic hydroxyl groups excluding tert-OH is 1. The van der Waals surface area contributed by atoms with Crippen molar-refractivity contribution >= 4 is 11.3 Å². The number of nitrogens with one attached hydrogen (secondary N) is 1. The van der Waals surface area contributed by atoms with E-state index in [0.717, 1.165) is 6.54 Å². The summed E-state index contributed by atoms with van der Waals surface area (Å²) < 4.78 is 0. The summed E-state index contributed by atoms with van der Waals surface area (Å²) in [5.74, 6) is 0. The first-order valence-corrected chi connectivity index (χ1v) is 6.15. The maximum atomic E-state index is 9.81. The highest BCUT2D eigenvalue weighted by Gasteiger charge is 2.21. The molecule has 1 aromatic heterocycles. The van der Waals surface area contributed by atoms with Crippen molar-refractivity contribution in [1.82, 2.24) is 5.32 Å². The monoisotopic (exact) mass is 227 g/mol. The molecule has 1 heterocycles. The Balaban J connectivity index is 2.28. The lowest BCUT2D eigenvalue weighted by Crippen LogP contribution is -2.36. The molecule has 0 saturated carbocycles. The van der Waals surface area contributed by atoms with Crippen LogP contribution < -0.4 is 5.32 Å². The minimum atomic E-state index is -0.293. The van der Waals surface area contributed by atoms with Gasteiger partial charge in [0.05, 0.1) is 6.10 Å². The quantitative estimate of drug-likeness (QED) is 0.828. The molecule has 1 aromatic rings. The minimum absolute atomic E-state index is 0.0433. The summed E-state index contributed by atoms with van der Waals surface area (Å²) in [6.45, 7) is 9.77. The van der Waals surface area contributed by atoms with Gasteiger partial charge in [0, 0.05) is 22.8 Å². The largest absolute Gasteiger partial charge is 0.391 e. The van der Waals surface area contributed by atoms with Crippen molar-refractivity contribution in [2.24, 2.45) is 5.41 Å². The Bertz CT molecular complexity index is 301. The summed E-state index contributed by atoms with van der Waals surface area (Å²) in [7, 11) is 0. The van der Waals surface area contributed by atoms with Crippen LogP contribution >= 0.6 is 11.3 Å². The normalized spacial score (nSPS) is 14.2. The highest BCUT2D eigenvalue weighted by molar-refractivity contribution is 7.11. The molecule has 1 rings (SSSR count). The molecule has 0 saturated heterocycles. The van der Waals surface area contributed by atoms with Gasteiger partial charge in [0.25, 0.3) is 0 Å². The van der Waals surface area contributed by atoms with Crippen LogP contribution in [0.25, 0.3) is 0 Å². The van der Waals surface area contributed by atoms with E-state index in [0.29, 0.717) is 6.54 Å². The molecule has 0 aliphatic carbocycles. The maximum absolute atomic E-state index is 9.81. The SMILES string of the molecule is Cc1ccc(CNCC(O)C(C)(C)C)s1. The van der Waals surface area contributed by atoms with E-state index in [9.17, 15) is 5.11 Å². The summed E-state index contributed by atoms with van der Waals surface area (Å²) in [6, 6.07) is 4.26. The molecule has 0 aromatic carbocycles. The summed E-state index contributed by atoms with van der Waals surface area (Å²) in [4.78, 5) is 2.66. The lowest BCUT2D eigenvalue weighted by Gasteiger charge is -2.25. The van der Waals surface area contributed by atoms with Crippen molar-refractivity contribution in [3.63, 3.8) is 0 Å². The summed E-state index contributed by atoms with van der Waals surface area (Å²) in [6.07, 6.45) is -0.293. The van der Waals surface area contributed by atoms with Gasteiger partial charge < -0.3 is 10.4 Å². The van der Waals surface area contributed by atoms with Crippen molar-refractivity contribution in [3.8, 4) is 0 Å². The van der Waals surface area contributed by atoms with E-state index in [2.05, 4.69) is 45.1 Å². The highest BCUT2D eigenvalue weighted by Crippen LogP contribution is 2.19. The van der Waals surface area contributed by atoms with E-state index in [1.165, 1.54) is 9.75 Å². The van der Waals surface area contributed by atoms with E-state index in [1.807, 2.05) is 0 Å². The smallest absolute Gasteiger partial charge is 0.0712 e. The van der Waals surface area contributed by atoms with Gasteiger partial charge in [-0.15, -0.1) is 11.3 Å². The van der Waals surface area contributed by atoms with Crippen LogP contribution in [0.4, 0.5) is 0 Å². The van der Waals surface area contributed by atoms with Crippen molar-refractivity contribution < 1.29 is 5.11 Å². The number of rotatable bonds is 4. The first-order valence-electron chi connectivity index (χ1n) is 5.33. The summed E-state index contributed by atoms with van der Waals surface area (Å²) in [5.41, 5.74) is -0.0433. The molecule has 2 N–H and O–H groups in total. The van der Waals surface area contributed by atoms with Crippen LogP contribution in [0, 0.1) is 12.3 Å². The molecule has 15 heavy (non-hydrogen) atoms. The second kappa shape index (κ2) is 5.10. The molecule has 2 nitrogen and oxygen atoms in total. The molecule has 0 fully saturated rings. The lowest BCUT2D eigenvalue weighted by molar-refractivity contribution is 0.0628. The van der Waals surface area contributed by atoms with Gasteiger partial charge in [-0.05, 0) is 24.5 Å². The van der Waals surface area contributed by atoms with Gasteiger partial charge in [-0.1, -0.05) is 20.8 Å². The molecule has 0 radical (unpaired) electrons. The fourth-order valence-electron chi connectivity index (χ4n) is 1.22. The molecule has 0 aliphatic rings. The zero-order valence-electron chi connectivity index (χ0n) is 10.0.